The highest BCUT2D eigenvalue weighted by Gasteiger charge is 2.43. The highest BCUT2D eigenvalue weighted by atomic mass is 16.3. The Bertz CT molecular complexity index is 787. The number of rotatable bonds is 6. The minimum Gasteiger partial charge on any atom is -0.392 e. The number of carbonyl (C=O) groups excluding carboxylic acids is 1. The zero-order valence-electron chi connectivity index (χ0n) is 18.9. The molecule has 2 aliphatic carbocycles. The van der Waals surface area contributed by atoms with Gasteiger partial charge in [0.15, 0.2) is 0 Å². The van der Waals surface area contributed by atoms with Crippen molar-refractivity contribution in [1.82, 2.24) is 10.6 Å². The summed E-state index contributed by atoms with van der Waals surface area (Å²) in [5.41, 5.74) is 2.96. The van der Waals surface area contributed by atoms with E-state index in [4.69, 9.17) is 0 Å². The number of hydrogen-bond acceptors (Lipinski definition) is 4. The van der Waals surface area contributed by atoms with Crippen LogP contribution in [0.5, 0.6) is 0 Å². The Morgan fingerprint density at radius 1 is 1.16 bits per heavy atom. The van der Waals surface area contributed by atoms with Gasteiger partial charge in [0.25, 0.3) is 0 Å². The van der Waals surface area contributed by atoms with Crippen LogP contribution >= 0.6 is 0 Å². The Morgan fingerprint density at radius 2 is 1.97 bits per heavy atom. The van der Waals surface area contributed by atoms with Crippen molar-refractivity contribution in [2.24, 2.45) is 23.7 Å². The first-order valence-corrected chi connectivity index (χ1v) is 12.7. The summed E-state index contributed by atoms with van der Waals surface area (Å²) in [6.45, 7) is 3.51. The van der Waals surface area contributed by atoms with Gasteiger partial charge in [-0.25, -0.2) is 0 Å². The minimum atomic E-state index is -0.238. The standard InChI is InChI=1S/C26H39N3O2/c1-16-12-21(17-6-3-2-4-7-17)14-27-23(16)25(18-10-11-18)29-26(31)22-13-19-8-5-9-20(15-30)24(19)28-22/h5,8-9,16-18,21-23,25,27-28,30H,2-4,6-7,10-15H2,1H3,(H,29,31). The van der Waals surface area contributed by atoms with Gasteiger partial charge in [0.1, 0.15) is 6.04 Å². The summed E-state index contributed by atoms with van der Waals surface area (Å²) in [5, 5.41) is 20.4. The van der Waals surface area contributed by atoms with Gasteiger partial charge in [-0.2, -0.15) is 0 Å². The summed E-state index contributed by atoms with van der Waals surface area (Å²) < 4.78 is 0. The van der Waals surface area contributed by atoms with Crippen molar-refractivity contribution in [3.63, 3.8) is 0 Å². The van der Waals surface area contributed by atoms with Crippen LogP contribution in [0.15, 0.2) is 18.2 Å². The number of piperidine rings is 1. The summed E-state index contributed by atoms with van der Waals surface area (Å²) in [7, 11) is 0. The van der Waals surface area contributed by atoms with E-state index < -0.39 is 0 Å². The Hall–Kier alpha value is -1.59. The van der Waals surface area contributed by atoms with Crippen LogP contribution in [0.2, 0.25) is 0 Å². The van der Waals surface area contributed by atoms with E-state index in [0.29, 0.717) is 24.3 Å². The van der Waals surface area contributed by atoms with Crippen LogP contribution in [-0.4, -0.2) is 35.7 Å². The molecule has 5 rings (SSSR count). The number of nitrogens with one attached hydrogen (secondary N) is 3. The number of benzene rings is 1. The average molecular weight is 426 g/mol. The van der Waals surface area contributed by atoms with Crippen molar-refractivity contribution in [3.05, 3.63) is 29.3 Å². The molecule has 0 spiro atoms. The van der Waals surface area contributed by atoms with Gasteiger partial charge in [-0.1, -0.05) is 57.2 Å². The molecule has 1 saturated heterocycles. The highest BCUT2D eigenvalue weighted by Crippen LogP contribution is 2.41. The van der Waals surface area contributed by atoms with E-state index in [9.17, 15) is 9.90 Å². The first-order valence-electron chi connectivity index (χ1n) is 12.7. The summed E-state index contributed by atoms with van der Waals surface area (Å²) in [6, 6.07) is 6.33. The van der Waals surface area contributed by atoms with E-state index in [1.807, 2.05) is 12.1 Å². The molecule has 1 aromatic carbocycles. The first-order chi connectivity index (χ1) is 15.1. The number of aliphatic hydroxyl groups is 1. The van der Waals surface area contributed by atoms with E-state index in [1.54, 1.807) is 0 Å². The number of hydrogen-bond donors (Lipinski definition) is 4. The Labute approximate surface area is 186 Å². The molecule has 0 radical (unpaired) electrons. The molecule has 4 aliphatic rings. The average Bonchev–Trinajstić information content (AvgIpc) is 3.55. The van der Waals surface area contributed by atoms with E-state index in [1.165, 1.54) is 51.4 Å². The van der Waals surface area contributed by atoms with Crippen LogP contribution < -0.4 is 16.0 Å². The summed E-state index contributed by atoms with van der Waals surface area (Å²) in [6.07, 6.45) is 11.5. The smallest absolute Gasteiger partial charge is 0.243 e. The molecule has 1 amide bonds. The number of carbonyl (C=O) groups is 1. The highest BCUT2D eigenvalue weighted by molar-refractivity contribution is 5.88. The van der Waals surface area contributed by atoms with Crippen LogP contribution in [0, 0.1) is 23.7 Å². The van der Waals surface area contributed by atoms with Gasteiger partial charge >= 0.3 is 0 Å². The Kier molecular flexibility index (Phi) is 6.25. The number of anilines is 1. The van der Waals surface area contributed by atoms with Crippen molar-refractivity contribution >= 4 is 11.6 Å². The third-order valence-electron chi connectivity index (χ3n) is 8.51. The molecule has 5 atom stereocenters. The van der Waals surface area contributed by atoms with Gasteiger partial charge in [-0.3, -0.25) is 4.79 Å². The number of aliphatic hydroxyl groups excluding tert-OH is 1. The summed E-state index contributed by atoms with van der Waals surface area (Å²) in [5.74, 6) is 3.04. The predicted molar refractivity (Wildman–Crippen MR) is 124 cm³/mol. The lowest BCUT2D eigenvalue weighted by Gasteiger charge is -2.43. The van der Waals surface area contributed by atoms with Gasteiger partial charge in [0, 0.05) is 29.8 Å². The SMILES string of the molecule is CC1CC(C2CCCCC2)CNC1C(NC(=O)C1Cc2cccc(CO)c2N1)C1CC1. The van der Waals surface area contributed by atoms with E-state index in [2.05, 4.69) is 28.9 Å². The normalized spacial score (nSPS) is 32.2. The van der Waals surface area contributed by atoms with Crippen molar-refractivity contribution < 1.29 is 9.90 Å². The van der Waals surface area contributed by atoms with E-state index in [0.717, 1.165) is 35.2 Å². The van der Waals surface area contributed by atoms with Crippen LogP contribution in [0.1, 0.15) is 69.4 Å². The van der Waals surface area contributed by atoms with Gasteiger partial charge in [-0.05, 0) is 55.0 Å². The van der Waals surface area contributed by atoms with Gasteiger partial charge < -0.3 is 21.1 Å². The van der Waals surface area contributed by atoms with Crippen LogP contribution in [0.25, 0.3) is 0 Å². The second kappa shape index (κ2) is 9.11. The fourth-order valence-electron chi connectivity index (χ4n) is 6.61. The largest absolute Gasteiger partial charge is 0.392 e. The lowest BCUT2D eigenvalue weighted by molar-refractivity contribution is -0.123. The van der Waals surface area contributed by atoms with Crippen molar-refractivity contribution in [1.29, 1.82) is 0 Å². The molecule has 0 aromatic heterocycles. The van der Waals surface area contributed by atoms with Crippen LogP contribution in [-0.2, 0) is 17.8 Å². The molecule has 2 aliphatic heterocycles. The minimum absolute atomic E-state index is 0.000874. The monoisotopic (exact) mass is 425 g/mol. The second-order valence-electron chi connectivity index (χ2n) is 10.7. The van der Waals surface area contributed by atoms with Gasteiger partial charge in [-0.15, -0.1) is 0 Å². The Morgan fingerprint density at radius 3 is 2.68 bits per heavy atom. The molecule has 1 aromatic rings. The lowest BCUT2D eigenvalue weighted by atomic mass is 9.72. The quantitative estimate of drug-likeness (QED) is 0.562. The lowest BCUT2D eigenvalue weighted by Crippen LogP contribution is -2.59. The molecule has 5 nitrogen and oxygen atoms in total. The molecular formula is C26H39N3O2. The zero-order valence-corrected chi connectivity index (χ0v) is 18.9. The molecule has 5 heteroatoms. The second-order valence-corrected chi connectivity index (χ2v) is 10.7. The van der Waals surface area contributed by atoms with Crippen LogP contribution in [0.3, 0.4) is 0 Å². The number of amides is 1. The third-order valence-corrected chi connectivity index (χ3v) is 8.51. The maximum absolute atomic E-state index is 13.3. The van der Waals surface area contributed by atoms with Crippen molar-refractivity contribution in [2.45, 2.75) is 89.4 Å². The maximum atomic E-state index is 13.3. The van der Waals surface area contributed by atoms with Crippen LogP contribution in [0.4, 0.5) is 5.69 Å². The Balaban J connectivity index is 1.21. The van der Waals surface area contributed by atoms with Crippen molar-refractivity contribution in [2.75, 3.05) is 11.9 Å². The fourth-order valence-corrected chi connectivity index (χ4v) is 6.61. The molecule has 2 saturated carbocycles. The van der Waals surface area contributed by atoms with Crippen molar-refractivity contribution in [3.8, 4) is 0 Å². The first kappa shape index (κ1) is 21.3. The summed E-state index contributed by atoms with van der Waals surface area (Å²) in [4.78, 5) is 13.3. The molecule has 0 bridgehead atoms. The molecule has 5 unspecified atom stereocenters. The molecule has 4 N–H and O–H groups in total. The zero-order chi connectivity index (χ0) is 21.4. The van der Waals surface area contributed by atoms with Gasteiger partial charge in [0.05, 0.1) is 6.61 Å². The fraction of sp³-hybridized carbons (Fsp3) is 0.731. The molecular weight excluding hydrogens is 386 g/mol. The van der Waals surface area contributed by atoms with E-state index in [-0.39, 0.29) is 24.6 Å². The van der Waals surface area contributed by atoms with E-state index >= 15 is 0 Å². The number of fused-ring (bicyclic) bond motifs is 1. The number of para-hydroxylation sites is 1. The molecule has 170 valence electrons. The molecule has 3 fully saturated rings. The summed E-state index contributed by atoms with van der Waals surface area (Å²) >= 11 is 0. The molecule has 31 heavy (non-hydrogen) atoms. The maximum Gasteiger partial charge on any atom is 0.243 e. The topological polar surface area (TPSA) is 73.4 Å². The van der Waals surface area contributed by atoms with Gasteiger partial charge in [0.2, 0.25) is 5.91 Å². The predicted octanol–water partition coefficient (Wildman–Crippen LogP) is 3.60. The molecule has 2 heterocycles. The third kappa shape index (κ3) is 4.49.